The summed E-state index contributed by atoms with van der Waals surface area (Å²) in [6, 6.07) is 16.0. The SMILES string of the molecule is N#Cc1cccc(NC(=O)c2cncc(C(=O)NCCc3ccc(F)cc3)c2)c1. The van der Waals surface area contributed by atoms with Gasteiger partial charge in [0.25, 0.3) is 11.8 Å². The Morgan fingerprint density at radius 3 is 2.45 bits per heavy atom. The van der Waals surface area contributed by atoms with Crippen molar-refractivity contribution in [3.63, 3.8) is 0 Å². The quantitative estimate of drug-likeness (QED) is 0.677. The molecule has 0 saturated carbocycles. The summed E-state index contributed by atoms with van der Waals surface area (Å²) in [6.07, 6.45) is 3.29. The molecule has 1 aromatic heterocycles. The van der Waals surface area contributed by atoms with E-state index in [4.69, 9.17) is 5.26 Å². The van der Waals surface area contributed by atoms with Gasteiger partial charge in [-0.1, -0.05) is 18.2 Å². The molecule has 0 unspecified atom stereocenters. The topological polar surface area (TPSA) is 94.9 Å². The molecule has 2 aromatic carbocycles. The summed E-state index contributed by atoms with van der Waals surface area (Å²) >= 11 is 0. The van der Waals surface area contributed by atoms with Gasteiger partial charge in [0, 0.05) is 24.6 Å². The standard InChI is InChI=1S/C22H17FN4O2/c23-19-6-4-15(5-7-19)8-9-26-21(28)17-11-18(14-25-13-17)22(29)27-20-3-1-2-16(10-20)12-24/h1-7,10-11,13-14H,8-9H2,(H,26,28)(H,27,29). The van der Waals surface area contributed by atoms with Crippen LogP contribution < -0.4 is 10.6 Å². The van der Waals surface area contributed by atoms with Gasteiger partial charge in [0.15, 0.2) is 0 Å². The molecule has 2 amide bonds. The fourth-order valence-corrected chi connectivity index (χ4v) is 2.63. The van der Waals surface area contributed by atoms with Gasteiger partial charge >= 0.3 is 0 Å². The number of benzene rings is 2. The van der Waals surface area contributed by atoms with Gasteiger partial charge in [0.1, 0.15) is 5.82 Å². The highest BCUT2D eigenvalue weighted by Crippen LogP contribution is 2.12. The highest BCUT2D eigenvalue weighted by Gasteiger charge is 2.12. The fraction of sp³-hybridized carbons (Fsp3) is 0.0909. The number of nitrogens with one attached hydrogen (secondary N) is 2. The van der Waals surface area contributed by atoms with Gasteiger partial charge < -0.3 is 10.6 Å². The van der Waals surface area contributed by atoms with Gasteiger partial charge in [-0.3, -0.25) is 14.6 Å². The highest BCUT2D eigenvalue weighted by molar-refractivity contribution is 6.05. The van der Waals surface area contributed by atoms with Crippen LogP contribution >= 0.6 is 0 Å². The van der Waals surface area contributed by atoms with Crippen LogP contribution in [-0.4, -0.2) is 23.3 Å². The molecule has 6 nitrogen and oxygen atoms in total. The summed E-state index contributed by atoms with van der Waals surface area (Å²) in [5.74, 6) is -1.10. The molecule has 0 bridgehead atoms. The van der Waals surface area contributed by atoms with Gasteiger partial charge in [0.2, 0.25) is 0 Å². The molecule has 3 aromatic rings. The number of halogens is 1. The first-order valence-corrected chi connectivity index (χ1v) is 8.84. The molecule has 3 rings (SSSR count). The number of anilines is 1. The zero-order valence-electron chi connectivity index (χ0n) is 15.4. The number of hydrogen-bond donors (Lipinski definition) is 2. The first kappa shape index (κ1) is 19.7. The van der Waals surface area contributed by atoms with Crippen LogP contribution in [0.15, 0.2) is 67.0 Å². The lowest BCUT2D eigenvalue weighted by Crippen LogP contribution is -2.26. The van der Waals surface area contributed by atoms with E-state index in [1.54, 1.807) is 36.4 Å². The van der Waals surface area contributed by atoms with Crippen molar-refractivity contribution in [2.75, 3.05) is 11.9 Å². The van der Waals surface area contributed by atoms with Crippen LogP contribution in [-0.2, 0) is 6.42 Å². The third-order valence-corrected chi connectivity index (χ3v) is 4.12. The van der Waals surface area contributed by atoms with Gasteiger partial charge in [-0.15, -0.1) is 0 Å². The van der Waals surface area contributed by atoms with Crippen LogP contribution in [0.3, 0.4) is 0 Å². The maximum absolute atomic E-state index is 12.9. The lowest BCUT2D eigenvalue weighted by atomic mass is 10.1. The van der Waals surface area contributed by atoms with Gasteiger partial charge in [-0.05, 0) is 48.4 Å². The molecule has 0 aliphatic heterocycles. The number of carbonyl (C=O) groups is 2. The van der Waals surface area contributed by atoms with E-state index in [9.17, 15) is 14.0 Å². The van der Waals surface area contributed by atoms with Crippen LogP contribution in [0.5, 0.6) is 0 Å². The van der Waals surface area contributed by atoms with E-state index in [1.165, 1.54) is 30.6 Å². The average molecular weight is 388 g/mol. The Morgan fingerprint density at radius 1 is 1.00 bits per heavy atom. The van der Waals surface area contributed by atoms with Crippen molar-refractivity contribution in [3.8, 4) is 6.07 Å². The second-order valence-corrected chi connectivity index (χ2v) is 6.24. The lowest BCUT2D eigenvalue weighted by Gasteiger charge is -2.08. The van der Waals surface area contributed by atoms with Crippen molar-refractivity contribution in [1.29, 1.82) is 5.26 Å². The van der Waals surface area contributed by atoms with Crippen molar-refractivity contribution in [2.45, 2.75) is 6.42 Å². The number of rotatable bonds is 6. The normalized spacial score (nSPS) is 10.1. The largest absolute Gasteiger partial charge is 0.352 e. The number of nitrogens with zero attached hydrogens (tertiary/aromatic N) is 2. The van der Waals surface area contributed by atoms with Crippen LogP contribution in [0, 0.1) is 17.1 Å². The molecule has 0 spiro atoms. The van der Waals surface area contributed by atoms with Crippen LogP contribution in [0.25, 0.3) is 0 Å². The lowest BCUT2D eigenvalue weighted by molar-refractivity contribution is 0.0953. The monoisotopic (exact) mass is 388 g/mol. The maximum Gasteiger partial charge on any atom is 0.257 e. The zero-order chi connectivity index (χ0) is 20.6. The molecule has 29 heavy (non-hydrogen) atoms. The molecule has 144 valence electrons. The number of amides is 2. The molecule has 0 saturated heterocycles. The molecule has 0 atom stereocenters. The summed E-state index contributed by atoms with van der Waals surface area (Å²) < 4.78 is 12.9. The molecule has 0 aliphatic rings. The smallest absolute Gasteiger partial charge is 0.257 e. The summed E-state index contributed by atoms with van der Waals surface area (Å²) in [7, 11) is 0. The number of aromatic nitrogens is 1. The van der Waals surface area contributed by atoms with Crippen molar-refractivity contribution in [2.24, 2.45) is 0 Å². The van der Waals surface area contributed by atoms with Crippen molar-refractivity contribution in [3.05, 3.63) is 95.1 Å². The van der Waals surface area contributed by atoms with E-state index in [2.05, 4.69) is 15.6 Å². The van der Waals surface area contributed by atoms with E-state index < -0.39 is 5.91 Å². The highest BCUT2D eigenvalue weighted by atomic mass is 19.1. The summed E-state index contributed by atoms with van der Waals surface area (Å²) in [6.45, 7) is 0.363. The minimum Gasteiger partial charge on any atom is -0.352 e. The molecule has 0 fully saturated rings. The Labute approximate surface area is 167 Å². The first-order valence-electron chi connectivity index (χ1n) is 8.84. The molecule has 1 heterocycles. The van der Waals surface area contributed by atoms with Crippen LogP contribution in [0.1, 0.15) is 31.8 Å². The van der Waals surface area contributed by atoms with Gasteiger partial charge in [-0.2, -0.15) is 5.26 Å². The molecular weight excluding hydrogens is 371 g/mol. The van der Waals surface area contributed by atoms with Crippen molar-refractivity contribution in [1.82, 2.24) is 10.3 Å². The maximum atomic E-state index is 12.9. The van der Waals surface area contributed by atoms with E-state index in [1.807, 2.05) is 6.07 Å². The Morgan fingerprint density at radius 2 is 1.72 bits per heavy atom. The fourth-order valence-electron chi connectivity index (χ4n) is 2.63. The predicted molar refractivity (Wildman–Crippen MR) is 106 cm³/mol. The van der Waals surface area contributed by atoms with Gasteiger partial charge in [0.05, 0.1) is 22.8 Å². The third kappa shape index (κ3) is 5.47. The van der Waals surface area contributed by atoms with E-state index in [0.29, 0.717) is 24.2 Å². The number of hydrogen-bond acceptors (Lipinski definition) is 4. The Kier molecular flexibility index (Phi) is 6.28. The molecule has 0 radical (unpaired) electrons. The third-order valence-electron chi connectivity index (χ3n) is 4.12. The summed E-state index contributed by atoms with van der Waals surface area (Å²) in [5, 5.41) is 14.4. The molecule has 7 heteroatoms. The van der Waals surface area contributed by atoms with Crippen molar-refractivity contribution < 1.29 is 14.0 Å². The van der Waals surface area contributed by atoms with E-state index >= 15 is 0 Å². The Bertz CT molecular complexity index is 1070. The second-order valence-electron chi connectivity index (χ2n) is 6.24. The van der Waals surface area contributed by atoms with Crippen molar-refractivity contribution >= 4 is 17.5 Å². The van der Waals surface area contributed by atoms with Crippen LogP contribution in [0.4, 0.5) is 10.1 Å². The Hall–Kier alpha value is -4.05. The Balaban J connectivity index is 1.60. The molecule has 2 N–H and O–H groups in total. The minimum absolute atomic E-state index is 0.221. The predicted octanol–water partition coefficient (Wildman–Crippen LogP) is 3.32. The van der Waals surface area contributed by atoms with Gasteiger partial charge in [-0.25, -0.2) is 4.39 Å². The summed E-state index contributed by atoms with van der Waals surface area (Å²) in [4.78, 5) is 28.7. The molecule has 0 aliphatic carbocycles. The van der Waals surface area contributed by atoms with E-state index in [-0.39, 0.29) is 22.9 Å². The number of carbonyl (C=O) groups excluding carboxylic acids is 2. The number of nitriles is 1. The first-order chi connectivity index (χ1) is 14.0. The average Bonchev–Trinajstić information content (AvgIpc) is 2.75. The summed E-state index contributed by atoms with van der Waals surface area (Å²) in [5.41, 5.74) is 2.28. The number of pyridine rings is 1. The zero-order valence-corrected chi connectivity index (χ0v) is 15.4. The minimum atomic E-state index is -0.437. The second kappa shape index (κ2) is 9.24. The van der Waals surface area contributed by atoms with Crippen LogP contribution in [0.2, 0.25) is 0 Å². The van der Waals surface area contributed by atoms with E-state index in [0.717, 1.165) is 5.56 Å². The molecular formula is C22H17FN4O2.